The van der Waals surface area contributed by atoms with Crippen LogP contribution in [0.2, 0.25) is 0 Å². The highest BCUT2D eigenvalue weighted by molar-refractivity contribution is 5.91. The number of nitrogens with zero attached hydrogens (tertiary/aromatic N) is 4. The van der Waals surface area contributed by atoms with Crippen LogP contribution in [0.5, 0.6) is 0 Å². The molecular weight excluding hydrogens is 369 g/mol. The average Bonchev–Trinajstić information content (AvgIpc) is 2.77. The molecule has 0 unspecified atom stereocenters. The molecule has 1 amide bonds. The van der Waals surface area contributed by atoms with Crippen LogP contribution in [0.15, 0.2) is 66.7 Å². The monoisotopic (exact) mass is 391 g/mol. The second-order valence-electron chi connectivity index (χ2n) is 6.94. The summed E-state index contributed by atoms with van der Waals surface area (Å²) < 4.78 is 12.9. The molecule has 1 fully saturated rings. The minimum absolute atomic E-state index is 0.158. The van der Waals surface area contributed by atoms with Crippen molar-refractivity contribution in [3.63, 3.8) is 0 Å². The first-order chi connectivity index (χ1) is 14.2. The molecule has 3 aromatic rings. The standard InChI is InChI=1S/C22H22FN5O/c23-18-8-6-17(7-9-18)16-22(29)24-20-10-11-21(26-25-20)28-14-12-27(13-15-28)19-4-2-1-3-5-19/h1-11H,12-16H2,(H,24,25,29). The molecule has 6 nitrogen and oxygen atoms in total. The maximum Gasteiger partial charge on any atom is 0.229 e. The molecule has 0 aliphatic carbocycles. The molecule has 0 radical (unpaired) electrons. The van der Waals surface area contributed by atoms with Crippen molar-refractivity contribution in [2.24, 2.45) is 0 Å². The zero-order valence-corrected chi connectivity index (χ0v) is 16.0. The molecule has 0 bridgehead atoms. The number of halogens is 1. The van der Waals surface area contributed by atoms with Crippen molar-refractivity contribution in [3.05, 3.63) is 78.1 Å². The van der Waals surface area contributed by atoms with Gasteiger partial charge in [-0.15, -0.1) is 10.2 Å². The van der Waals surface area contributed by atoms with E-state index in [4.69, 9.17) is 0 Å². The molecule has 29 heavy (non-hydrogen) atoms. The molecular formula is C22H22FN5O. The number of nitrogens with one attached hydrogen (secondary N) is 1. The van der Waals surface area contributed by atoms with Crippen LogP contribution in [0.3, 0.4) is 0 Å². The van der Waals surface area contributed by atoms with Crippen molar-refractivity contribution in [2.75, 3.05) is 41.3 Å². The SMILES string of the molecule is O=C(Cc1ccc(F)cc1)Nc1ccc(N2CCN(c3ccccc3)CC2)nn1. The van der Waals surface area contributed by atoms with E-state index in [0.717, 1.165) is 37.6 Å². The molecule has 1 aromatic heterocycles. The summed E-state index contributed by atoms with van der Waals surface area (Å²) in [6, 6.07) is 19.9. The number of carbonyl (C=O) groups is 1. The number of anilines is 3. The van der Waals surface area contributed by atoms with E-state index < -0.39 is 0 Å². The smallest absolute Gasteiger partial charge is 0.229 e. The third kappa shape index (κ3) is 4.87. The Hall–Kier alpha value is -3.48. The maximum atomic E-state index is 12.9. The van der Waals surface area contributed by atoms with Crippen molar-refractivity contribution < 1.29 is 9.18 Å². The molecule has 1 aliphatic heterocycles. The molecule has 148 valence electrons. The van der Waals surface area contributed by atoms with Crippen molar-refractivity contribution in [1.82, 2.24) is 10.2 Å². The third-order valence-corrected chi connectivity index (χ3v) is 4.92. The molecule has 1 N–H and O–H groups in total. The van der Waals surface area contributed by atoms with Crippen LogP contribution in [-0.2, 0) is 11.2 Å². The van der Waals surface area contributed by atoms with Crippen LogP contribution >= 0.6 is 0 Å². The number of piperazine rings is 1. The Kier molecular flexibility index (Phi) is 5.65. The van der Waals surface area contributed by atoms with Crippen LogP contribution in [0.25, 0.3) is 0 Å². The lowest BCUT2D eigenvalue weighted by molar-refractivity contribution is -0.115. The summed E-state index contributed by atoms with van der Waals surface area (Å²) in [5.74, 6) is 0.674. The van der Waals surface area contributed by atoms with E-state index in [1.54, 1.807) is 18.2 Å². The van der Waals surface area contributed by atoms with Gasteiger partial charge in [-0.05, 0) is 42.0 Å². The van der Waals surface area contributed by atoms with Gasteiger partial charge in [-0.2, -0.15) is 0 Å². The lowest BCUT2D eigenvalue weighted by Crippen LogP contribution is -2.46. The Bertz CT molecular complexity index is 939. The lowest BCUT2D eigenvalue weighted by atomic mass is 10.1. The quantitative estimate of drug-likeness (QED) is 0.724. The number of benzene rings is 2. The summed E-state index contributed by atoms with van der Waals surface area (Å²) in [6.45, 7) is 3.56. The number of rotatable bonds is 5. The largest absolute Gasteiger partial charge is 0.368 e. The van der Waals surface area contributed by atoms with E-state index in [-0.39, 0.29) is 18.1 Å². The normalized spacial score (nSPS) is 14.0. The Labute approximate surface area is 169 Å². The average molecular weight is 391 g/mol. The van der Waals surface area contributed by atoms with Crippen molar-refractivity contribution >= 4 is 23.2 Å². The summed E-state index contributed by atoms with van der Waals surface area (Å²) in [5, 5.41) is 11.1. The third-order valence-electron chi connectivity index (χ3n) is 4.92. The molecule has 2 heterocycles. The van der Waals surface area contributed by atoms with Gasteiger partial charge in [-0.3, -0.25) is 4.79 Å². The molecule has 2 aromatic carbocycles. The minimum atomic E-state index is -0.319. The molecule has 0 atom stereocenters. The Morgan fingerprint density at radius 1 is 0.862 bits per heavy atom. The number of hydrogen-bond donors (Lipinski definition) is 1. The van der Waals surface area contributed by atoms with Gasteiger partial charge in [0.05, 0.1) is 6.42 Å². The van der Waals surface area contributed by atoms with E-state index in [2.05, 4.69) is 49.6 Å². The summed E-state index contributed by atoms with van der Waals surface area (Å²) in [5.41, 5.74) is 1.97. The van der Waals surface area contributed by atoms with Gasteiger partial charge in [-0.25, -0.2) is 4.39 Å². The topological polar surface area (TPSA) is 61.4 Å². The zero-order valence-electron chi connectivity index (χ0n) is 16.0. The molecule has 7 heteroatoms. The lowest BCUT2D eigenvalue weighted by Gasteiger charge is -2.36. The van der Waals surface area contributed by atoms with E-state index >= 15 is 0 Å². The van der Waals surface area contributed by atoms with Crippen LogP contribution in [0.4, 0.5) is 21.7 Å². The van der Waals surface area contributed by atoms with Crippen LogP contribution in [0.1, 0.15) is 5.56 Å². The van der Waals surface area contributed by atoms with Crippen LogP contribution in [-0.4, -0.2) is 42.3 Å². The first-order valence-corrected chi connectivity index (χ1v) is 9.60. The predicted octanol–water partition coefficient (Wildman–Crippen LogP) is 3.12. The van der Waals surface area contributed by atoms with Gasteiger partial charge in [0.2, 0.25) is 5.91 Å². The highest BCUT2D eigenvalue weighted by Crippen LogP contribution is 2.19. The number of carbonyl (C=O) groups excluding carboxylic acids is 1. The highest BCUT2D eigenvalue weighted by Gasteiger charge is 2.18. The van der Waals surface area contributed by atoms with Crippen molar-refractivity contribution in [2.45, 2.75) is 6.42 Å². The van der Waals surface area contributed by atoms with Gasteiger partial charge in [0.1, 0.15) is 5.82 Å². The molecule has 4 rings (SSSR count). The van der Waals surface area contributed by atoms with Crippen LogP contribution in [0, 0.1) is 5.82 Å². The second-order valence-corrected chi connectivity index (χ2v) is 6.94. The molecule has 0 spiro atoms. The van der Waals surface area contributed by atoms with Crippen molar-refractivity contribution in [3.8, 4) is 0 Å². The summed E-state index contributed by atoms with van der Waals surface area (Å²) in [6.07, 6.45) is 0.158. The summed E-state index contributed by atoms with van der Waals surface area (Å²) in [4.78, 5) is 16.7. The Balaban J connectivity index is 1.30. The zero-order chi connectivity index (χ0) is 20.1. The second kappa shape index (κ2) is 8.68. The Morgan fingerprint density at radius 2 is 1.55 bits per heavy atom. The van der Waals surface area contributed by atoms with Gasteiger partial charge >= 0.3 is 0 Å². The summed E-state index contributed by atoms with van der Waals surface area (Å²) in [7, 11) is 0. The number of hydrogen-bond acceptors (Lipinski definition) is 5. The van der Waals surface area contributed by atoms with Gasteiger partial charge in [0.25, 0.3) is 0 Å². The first kappa shape index (κ1) is 18.9. The maximum absolute atomic E-state index is 12.9. The number of amides is 1. The molecule has 1 saturated heterocycles. The van der Waals surface area contributed by atoms with Gasteiger partial charge in [0.15, 0.2) is 11.6 Å². The van der Waals surface area contributed by atoms with E-state index in [1.807, 2.05) is 12.1 Å². The number of para-hydroxylation sites is 1. The fraction of sp³-hybridized carbons (Fsp3) is 0.227. The Morgan fingerprint density at radius 3 is 2.21 bits per heavy atom. The van der Waals surface area contributed by atoms with E-state index in [9.17, 15) is 9.18 Å². The minimum Gasteiger partial charge on any atom is -0.368 e. The number of aromatic nitrogens is 2. The van der Waals surface area contributed by atoms with E-state index in [1.165, 1.54) is 17.8 Å². The summed E-state index contributed by atoms with van der Waals surface area (Å²) >= 11 is 0. The fourth-order valence-electron chi connectivity index (χ4n) is 3.37. The van der Waals surface area contributed by atoms with Gasteiger partial charge in [-0.1, -0.05) is 30.3 Å². The fourth-order valence-corrected chi connectivity index (χ4v) is 3.37. The van der Waals surface area contributed by atoms with Gasteiger partial charge in [0, 0.05) is 31.9 Å². The van der Waals surface area contributed by atoms with Crippen LogP contribution < -0.4 is 15.1 Å². The predicted molar refractivity (Wildman–Crippen MR) is 112 cm³/mol. The van der Waals surface area contributed by atoms with Gasteiger partial charge < -0.3 is 15.1 Å². The highest BCUT2D eigenvalue weighted by atomic mass is 19.1. The van der Waals surface area contributed by atoms with Crippen molar-refractivity contribution in [1.29, 1.82) is 0 Å². The first-order valence-electron chi connectivity index (χ1n) is 9.60. The van der Waals surface area contributed by atoms with E-state index in [0.29, 0.717) is 5.82 Å². The molecule has 0 saturated carbocycles. The molecule has 1 aliphatic rings.